The lowest BCUT2D eigenvalue weighted by Crippen LogP contribution is -2.33. The highest BCUT2D eigenvalue weighted by Crippen LogP contribution is 2.31. The molecule has 0 atom stereocenters. The summed E-state index contributed by atoms with van der Waals surface area (Å²) in [6, 6.07) is 3.53. The number of pyridine rings is 1. The Hall–Kier alpha value is -1.58. The van der Waals surface area contributed by atoms with E-state index in [0.717, 1.165) is 18.3 Å². The Balaban J connectivity index is 2.21. The first kappa shape index (κ1) is 11.9. The van der Waals surface area contributed by atoms with Crippen LogP contribution in [0.5, 0.6) is 0 Å². The van der Waals surface area contributed by atoms with E-state index < -0.39 is 5.97 Å². The zero-order valence-electron chi connectivity index (χ0n) is 10.3. The number of hydrogen-bond donors (Lipinski definition) is 1. The lowest BCUT2D eigenvalue weighted by atomic mass is 10.2. The summed E-state index contributed by atoms with van der Waals surface area (Å²) in [5, 5.41) is 8.98. The van der Waals surface area contributed by atoms with Crippen molar-refractivity contribution >= 4 is 11.8 Å². The molecule has 1 heterocycles. The second-order valence-electron chi connectivity index (χ2n) is 4.90. The van der Waals surface area contributed by atoms with Crippen LogP contribution in [0.4, 0.5) is 5.82 Å². The van der Waals surface area contributed by atoms with Crippen molar-refractivity contribution in [3.8, 4) is 0 Å². The maximum Gasteiger partial charge on any atom is 0.335 e. The molecule has 0 amide bonds. The number of aromatic carboxylic acids is 1. The van der Waals surface area contributed by atoms with Gasteiger partial charge in [0.05, 0.1) is 5.56 Å². The molecule has 4 nitrogen and oxygen atoms in total. The van der Waals surface area contributed by atoms with E-state index in [0.29, 0.717) is 11.6 Å². The Kier molecular flexibility index (Phi) is 3.31. The van der Waals surface area contributed by atoms with Crippen LogP contribution < -0.4 is 4.90 Å². The Bertz CT molecular complexity index is 414. The number of hydrogen-bond acceptors (Lipinski definition) is 3. The molecule has 0 bridgehead atoms. The summed E-state index contributed by atoms with van der Waals surface area (Å²) in [5.74, 6) is 0.628. The third-order valence-electron chi connectivity index (χ3n) is 3.06. The van der Waals surface area contributed by atoms with Crippen molar-refractivity contribution in [1.29, 1.82) is 0 Å². The molecule has 92 valence electrons. The summed E-state index contributed by atoms with van der Waals surface area (Å²) in [6.07, 6.45) is 4.13. The number of anilines is 1. The van der Waals surface area contributed by atoms with Crippen LogP contribution in [0.3, 0.4) is 0 Å². The Morgan fingerprint density at radius 3 is 2.82 bits per heavy atom. The van der Waals surface area contributed by atoms with Gasteiger partial charge in [-0.3, -0.25) is 0 Å². The van der Waals surface area contributed by atoms with Gasteiger partial charge in [0.2, 0.25) is 0 Å². The van der Waals surface area contributed by atoms with Crippen molar-refractivity contribution in [2.24, 2.45) is 5.92 Å². The number of carboxylic acids is 1. The Morgan fingerprint density at radius 2 is 2.29 bits per heavy atom. The molecule has 17 heavy (non-hydrogen) atoms. The number of aromatic nitrogens is 1. The van der Waals surface area contributed by atoms with Crippen molar-refractivity contribution in [3.63, 3.8) is 0 Å². The molecule has 1 N–H and O–H groups in total. The molecule has 1 aromatic rings. The smallest absolute Gasteiger partial charge is 0.335 e. The first-order valence-electron chi connectivity index (χ1n) is 6.04. The number of carboxylic acid groups (broad SMARTS) is 1. The summed E-state index contributed by atoms with van der Waals surface area (Å²) < 4.78 is 0. The number of nitrogens with zero attached hydrogens (tertiary/aromatic N) is 2. The van der Waals surface area contributed by atoms with E-state index in [4.69, 9.17) is 5.11 Å². The van der Waals surface area contributed by atoms with Gasteiger partial charge in [-0.15, -0.1) is 0 Å². The van der Waals surface area contributed by atoms with Gasteiger partial charge in [-0.1, -0.05) is 0 Å². The van der Waals surface area contributed by atoms with E-state index >= 15 is 0 Å². The van der Waals surface area contributed by atoms with E-state index in [2.05, 4.69) is 23.7 Å². The lowest BCUT2D eigenvalue weighted by molar-refractivity contribution is 0.0697. The van der Waals surface area contributed by atoms with Gasteiger partial charge in [0, 0.05) is 18.8 Å². The van der Waals surface area contributed by atoms with Crippen LogP contribution in [0.25, 0.3) is 0 Å². The van der Waals surface area contributed by atoms with Crippen LogP contribution in [0.1, 0.15) is 37.0 Å². The second-order valence-corrected chi connectivity index (χ2v) is 4.90. The Labute approximate surface area is 101 Å². The summed E-state index contributed by atoms with van der Waals surface area (Å²) in [5.41, 5.74) is 0.302. The average molecular weight is 234 g/mol. The average Bonchev–Trinajstić information content (AvgIpc) is 3.09. The molecule has 1 aliphatic rings. The molecule has 0 aliphatic heterocycles. The minimum absolute atomic E-state index is 0.302. The van der Waals surface area contributed by atoms with Crippen LogP contribution in [0.2, 0.25) is 0 Å². The molecule has 1 aromatic heterocycles. The minimum Gasteiger partial charge on any atom is -0.478 e. The molecule has 2 rings (SSSR count). The van der Waals surface area contributed by atoms with Crippen molar-refractivity contribution < 1.29 is 9.90 Å². The van der Waals surface area contributed by atoms with Gasteiger partial charge in [-0.05, 0) is 44.7 Å². The molecule has 0 radical (unpaired) electrons. The van der Waals surface area contributed by atoms with E-state index in [-0.39, 0.29) is 0 Å². The first-order chi connectivity index (χ1) is 8.08. The molecule has 1 aliphatic carbocycles. The predicted octanol–water partition coefficient (Wildman–Crippen LogP) is 2.40. The standard InChI is InChI=1S/C13H18N2O2/c1-9(2)15(8-10-3-4-10)12-7-11(13(16)17)5-6-14-12/h5-7,9-10H,3-4,8H2,1-2H3,(H,16,17). The lowest BCUT2D eigenvalue weighted by Gasteiger charge is -2.28. The van der Waals surface area contributed by atoms with E-state index in [9.17, 15) is 4.79 Å². The molecule has 1 saturated carbocycles. The van der Waals surface area contributed by atoms with Gasteiger partial charge in [0.25, 0.3) is 0 Å². The zero-order valence-corrected chi connectivity index (χ0v) is 10.3. The predicted molar refractivity (Wildman–Crippen MR) is 66.4 cm³/mol. The van der Waals surface area contributed by atoms with E-state index in [1.54, 1.807) is 12.3 Å². The van der Waals surface area contributed by atoms with Crippen LogP contribution in [-0.2, 0) is 0 Å². The van der Waals surface area contributed by atoms with Gasteiger partial charge >= 0.3 is 5.97 Å². The van der Waals surface area contributed by atoms with E-state index in [1.807, 2.05) is 0 Å². The maximum absolute atomic E-state index is 10.9. The van der Waals surface area contributed by atoms with Crippen LogP contribution in [-0.4, -0.2) is 28.6 Å². The summed E-state index contributed by atoms with van der Waals surface area (Å²) >= 11 is 0. The van der Waals surface area contributed by atoms with Crippen molar-refractivity contribution in [3.05, 3.63) is 23.9 Å². The van der Waals surface area contributed by atoms with Crippen LogP contribution >= 0.6 is 0 Å². The highest BCUT2D eigenvalue weighted by molar-refractivity contribution is 5.88. The van der Waals surface area contributed by atoms with E-state index in [1.165, 1.54) is 18.9 Å². The summed E-state index contributed by atoms with van der Waals surface area (Å²) in [7, 11) is 0. The number of carbonyl (C=O) groups is 1. The third kappa shape index (κ3) is 2.96. The molecule has 0 saturated heterocycles. The van der Waals surface area contributed by atoms with Gasteiger partial charge < -0.3 is 10.0 Å². The topological polar surface area (TPSA) is 53.4 Å². The fraction of sp³-hybridized carbons (Fsp3) is 0.538. The van der Waals surface area contributed by atoms with Crippen LogP contribution in [0.15, 0.2) is 18.3 Å². The molecular formula is C13H18N2O2. The fourth-order valence-electron chi connectivity index (χ4n) is 1.86. The fourth-order valence-corrected chi connectivity index (χ4v) is 1.86. The summed E-state index contributed by atoms with van der Waals surface area (Å²) in [6.45, 7) is 5.20. The zero-order chi connectivity index (χ0) is 12.4. The van der Waals surface area contributed by atoms with Crippen molar-refractivity contribution in [2.75, 3.05) is 11.4 Å². The largest absolute Gasteiger partial charge is 0.478 e. The quantitative estimate of drug-likeness (QED) is 0.850. The maximum atomic E-state index is 10.9. The molecule has 1 fully saturated rings. The molecule has 4 heteroatoms. The highest BCUT2D eigenvalue weighted by atomic mass is 16.4. The number of rotatable bonds is 5. The second kappa shape index (κ2) is 4.73. The first-order valence-corrected chi connectivity index (χ1v) is 6.04. The SMILES string of the molecule is CC(C)N(CC1CC1)c1cc(C(=O)O)ccn1. The van der Waals surface area contributed by atoms with Crippen molar-refractivity contribution in [1.82, 2.24) is 4.98 Å². The van der Waals surface area contributed by atoms with Crippen LogP contribution in [0, 0.1) is 5.92 Å². The van der Waals surface area contributed by atoms with Gasteiger partial charge in [0.15, 0.2) is 0 Å². The molecule has 0 unspecified atom stereocenters. The van der Waals surface area contributed by atoms with Crippen molar-refractivity contribution in [2.45, 2.75) is 32.7 Å². The van der Waals surface area contributed by atoms with Gasteiger partial charge in [-0.25, -0.2) is 9.78 Å². The third-order valence-corrected chi connectivity index (χ3v) is 3.06. The van der Waals surface area contributed by atoms with Gasteiger partial charge in [0.1, 0.15) is 5.82 Å². The minimum atomic E-state index is -0.899. The van der Waals surface area contributed by atoms with Gasteiger partial charge in [-0.2, -0.15) is 0 Å². The highest BCUT2D eigenvalue weighted by Gasteiger charge is 2.26. The normalized spacial score (nSPS) is 15.0. The molecular weight excluding hydrogens is 216 g/mol. The molecule has 0 aromatic carbocycles. The monoisotopic (exact) mass is 234 g/mol. The summed E-state index contributed by atoms with van der Waals surface area (Å²) in [4.78, 5) is 17.4. The Morgan fingerprint density at radius 1 is 1.59 bits per heavy atom. The molecule has 0 spiro atoms.